The zero-order valence-corrected chi connectivity index (χ0v) is 13.7. The fraction of sp³-hybridized carbons (Fsp3) is 0.529. The topological polar surface area (TPSA) is 67.9 Å². The van der Waals surface area contributed by atoms with Crippen LogP contribution in [0, 0.1) is 0 Å². The smallest absolute Gasteiger partial charge is 0.243 e. The van der Waals surface area contributed by atoms with Crippen molar-refractivity contribution in [2.45, 2.75) is 32.4 Å². The molecule has 0 aliphatic carbocycles. The lowest BCUT2D eigenvalue weighted by atomic mass is 10.2. The highest BCUT2D eigenvalue weighted by atomic mass is 16.5. The third-order valence-corrected chi connectivity index (χ3v) is 3.88. The number of ether oxygens (including phenoxy) is 2. The average molecular weight is 320 g/mol. The maximum Gasteiger partial charge on any atom is 0.243 e. The molecule has 0 saturated carbocycles. The van der Waals surface area contributed by atoms with Crippen molar-refractivity contribution in [2.24, 2.45) is 0 Å². The molecule has 1 atom stereocenters. The molecule has 6 nitrogen and oxygen atoms in total. The van der Waals surface area contributed by atoms with Crippen LogP contribution in [0.1, 0.15) is 25.3 Å². The number of benzene rings is 1. The second-order valence-corrected chi connectivity index (χ2v) is 5.58. The van der Waals surface area contributed by atoms with Gasteiger partial charge in [0.1, 0.15) is 18.4 Å². The van der Waals surface area contributed by atoms with Gasteiger partial charge in [-0.15, -0.1) is 0 Å². The quantitative estimate of drug-likeness (QED) is 0.770. The zero-order chi connectivity index (χ0) is 16.7. The number of nitrogens with one attached hydrogen (secondary N) is 1. The molecule has 1 N–H and O–H groups in total. The number of hydrogen-bond acceptors (Lipinski definition) is 4. The Morgan fingerprint density at radius 1 is 1.35 bits per heavy atom. The first-order chi connectivity index (χ1) is 11.1. The number of hydrogen-bond donors (Lipinski definition) is 1. The maximum atomic E-state index is 12.3. The molecule has 1 aromatic rings. The van der Waals surface area contributed by atoms with E-state index in [0.29, 0.717) is 26.3 Å². The minimum atomic E-state index is -0.339. The minimum absolute atomic E-state index is 0.0452. The lowest BCUT2D eigenvalue weighted by Crippen LogP contribution is -2.44. The van der Waals surface area contributed by atoms with Crippen LogP contribution >= 0.6 is 0 Å². The van der Waals surface area contributed by atoms with Gasteiger partial charge in [-0.1, -0.05) is 12.1 Å². The molecule has 1 heterocycles. The molecule has 0 spiro atoms. The molecule has 1 unspecified atom stereocenters. The van der Waals surface area contributed by atoms with Crippen LogP contribution in [0.5, 0.6) is 5.75 Å². The van der Waals surface area contributed by atoms with E-state index < -0.39 is 0 Å². The van der Waals surface area contributed by atoms with Crippen LogP contribution < -0.4 is 10.1 Å². The summed E-state index contributed by atoms with van der Waals surface area (Å²) in [7, 11) is 1.63. The molecule has 0 bridgehead atoms. The lowest BCUT2D eigenvalue weighted by molar-refractivity contribution is -0.136. The Balaban J connectivity index is 1.86. The molecule has 23 heavy (non-hydrogen) atoms. The molecule has 2 rings (SSSR count). The highest BCUT2D eigenvalue weighted by molar-refractivity contribution is 5.87. The Hall–Kier alpha value is -2.08. The van der Waals surface area contributed by atoms with Crippen molar-refractivity contribution in [2.75, 3.05) is 26.9 Å². The van der Waals surface area contributed by atoms with Gasteiger partial charge in [0.25, 0.3) is 0 Å². The van der Waals surface area contributed by atoms with E-state index >= 15 is 0 Å². The molecule has 2 amide bonds. The standard InChI is InChI=1S/C17H24N2O4/c1-13(20)19-8-4-7-16(19)17(21)18-12-14-5-3-6-15(11-14)23-10-9-22-2/h3,5-6,11,16H,4,7-10,12H2,1-2H3,(H,18,21). The van der Waals surface area contributed by atoms with E-state index in [2.05, 4.69) is 5.32 Å². The minimum Gasteiger partial charge on any atom is -0.491 e. The Morgan fingerprint density at radius 3 is 2.91 bits per heavy atom. The van der Waals surface area contributed by atoms with Gasteiger partial charge in [0.15, 0.2) is 0 Å². The second kappa shape index (κ2) is 8.53. The van der Waals surface area contributed by atoms with Crippen molar-refractivity contribution in [3.8, 4) is 5.75 Å². The SMILES string of the molecule is COCCOc1cccc(CNC(=O)C2CCCN2C(C)=O)c1. The summed E-state index contributed by atoms with van der Waals surface area (Å²) in [5, 5.41) is 2.91. The van der Waals surface area contributed by atoms with Crippen LogP contribution in [0.4, 0.5) is 0 Å². The van der Waals surface area contributed by atoms with Crippen molar-refractivity contribution in [1.82, 2.24) is 10.2 Å². The summed E-state index contributed by atoms with van der Waals surface area (Å²) >= 11 is 0. The van der Waals surface area contributed by atoms with Gasteiger partial charge in [-0.3, -0.25) is 9.59 Å². The molecule has 1 fully saturated rings. The van der Waals surface area contributed by atoms with Crippen LogP contribution in [-0.2, 0) is 20.9 Å². The number of amides is 2. The Labute approximate surface area is 136 Å². The average Bonchev–Trinajstić information content (AvgIpc) is 3.03. The van der Waals surface area contributed by atoms with Gasteiger partial charge in [-0.25, -0.2) is 0 Å². The second-order valence-electron chi connectivity index (χ2n) is 5.58. The molecular weight excluding hydrogens is 296 g/mol. The van der Waals surface area contributed by atoms with Crippen molar-refractivity contribution in [1.29, 1.82) is 0 Å². The van der Waals surface area contributed by atoms with Crippen LogP contribution in [0.15, 0.2) is 24.3 Å². The monoisotopic (exact) mass is 320 g/mol. The highest BCUT2D eigenvalue weighted by Gasteiger charge is 2.31. The maximum absolute atomic E-state index is 12.3. The van der Waals surface area contributed by atoms with Crippen molar-refractivity contribution < 1.29 is 19.1 Å². The van der Waals surface area contributed by atoms with Gasteiger partial charge in [0.2, 0.25) is 11.8 Å². The molecule has 1 aromatic carbocycles. The summed E-state index contributed by atoms with van der Waals surface area (Å²) in [4.78, 5) is 25.4. The van der Waals surface area contributed by atoms with E-state index in [1.807, 2.05) is 24.3 Å². The molecule has 1 saturated heterocycles. The fourth-order valence-electron chi connectivity index (χ4n) is 2.71. The van der Waals surface area contributed by atoms with Gasteiger partial charge >= 0.3 is 0 Å². The van der Waals surface area contributed by atoms with Crippen LogP contribution in [0.3, 0.4) is 0 Å². The molecule has 6 heteroatoms. The van der Waals surface area contributed by atoms with Crippen LogP contribution in [-0.4, -0.2) is 49.6 Å². The number of carbonyl (C=O) groups is 2. The predicted molar refractivity (Wildman–Crippen MR) is 86.1 cm³/mol. The third kappa shape index (κ3) is 4.96. The molecule has 0 aromatic heterocycles. The lowest BCUT2D eigenvalue weighted by Gasteiger charge is -2.22. The van der Waals surface area contributed by atoms with Crippen molar-refractivity contribution in [3.63, 3.8) is 0 Å². The third-order valence-electron chi connectivity index (χ3n) is 3.88. The normalized spacial score (nSPS) is 17.1. The Bertz CT molecular complexity index is 547. The molecule has 1 aliphatic rings. The number of methoxy groups -OCH3 is 1. The van der Waals surface area contributed by atoms with E-state index in [1.165, 1.54) is 6.92 Å². The number of rotatable bonds is 7. The van der Waals surface area contributed by atoms with Crippen molar-refractivity contribution in [3.05, 3.63) is 29.8 Å². The first-order valence-corrected chi connectivity index (χ1v) is 7.87. The number of nitrogens with zero attached hydrogens (tertiary/aromatic N) is 1. The summed E-state index contributed by atoms with van der Waals surface area (Å²) < 4.78 is 10.5. The first-order valence-electron chi connectivity index (χ1n) is 7.87. The largest absolute Gasteiger partial charge is 0.491 e. The Morgan fingerprint density at radius 2 is 2.17 bits per heavy atom. The molecular formula is C17H24N2O4. The van der Waals surface area contributed by atoms with Crippen LogP contribution in [0.2, 0.25) is 0 Å². The van der Waals surface area contributed by atoms with E-state index in [0.717, 1.165) is 24.2 Å². The van der Waals surface area contributed by atoms with E-state index in [9.17, 15) is 9.59 Å². The van der Waals surface area contributed by atoms with Crippen LogP contribution in [0.25, 0.3) is 0 Å². The fourth-order valence-corrected chi connectivity index (χ4v) is 2.71. The summed E-state index contributed by atoms with van der Waals surface area (Å²) in [5.41, 5.74) is 0.959. The van der Waals surface area contributed by atoms with Gasteiger partial charge in [-0.2, -0.15) is 0 Å². The zero-order valence-electron chi connectivity index (χ0n) is 13.7. The summed E-state index contributed by atoms with van der Waals surface area (Å²) in [5.74, 6) is 0.611. The Kier molecular flexibility index (Phi) is 6.40. The molecule has 1 aliphatic heterocycles. The van der Waals surface area contributed by atoms with E-state index in [1.54, 1.807) is 12.0 Å². The number of likely N-dealkylation sites (tertiary alicyclic amines) is 1. The summed E-state index contributed by atoms with van der Waals surface area (Å²) in [6.07, 6.45) is 1.60. The van der Waals surface area contributed by atoms with Gasteiger partial charge in [0.05, 0.1) is 6.61 Å². The molecule has 0 radical (unpaired) electrons. The highest BCUT2D eigenvalue weighted by Crippen LogP contribution is 2.18. The van der Waals surface area contributed by atoms with E-state index in [-0.39, 0.29) is 17.9 Å². The number of carbonyl (C=O) groups excluding carboxylic acids is 2. The van der Waals surface area contributed by atoms with E-state index in [4.69, 9.17) is 9.47 Å². The summed E-state index contributed by atoms with van der Waals surface area (Å²) in [6, 6.07) is 7.25. The van der Waals surface area contributed by atoms with Gasteiger partial charge in [-0.05, 0) is 30.5 Å². The predicted octanol–water partition coefficient (Wildman–Crippen LogP) is 1.34. The van der Waals surface area contributed by atoms with Crippen molar-refractivity contribution >= 4 is 11.8 Å². The molecule has 126 valence electrons. The summed E-state index contributed by atoms with van der Waals surface area (Å²) in [6.45, 7) is 3.61. The van der Waals surface area contributed by atoms with Gasteiger partial charge < -0.3 is 19.7 Å². The first kappa shape index (κ1) is 17.3. The van der Waals surface area contributed by atoms with Gasteiger partial charge in [0, 0.05) is 27.1 Å².